The normalized spacial score (nSPS) is 12.4. The molecule has 0 aromatic heterocycles. The number of aryl methyl sites for hydroxylation is 1. The van der Waals surface area contributed by atoms with E-state index in [2.05, 4.69) is 48.5 Å². The van der Waals surface area contributed by atoms with Gasteiger partial charge in [-0.05, 0) is 47.7 Å². The minimum Gasteiger partial charge on any atom is -0.266 e. The Labute approximate surface area is 190 Å². The van der Waals surface area contributed by atoms with E-state index in [1.165, 1.54) is 5.56 Å². The quantitative estimate of drug-likeness (QED) is 0.289. The van der Waals surface area contributed by atoms with Crippen LogP contribution >= 0.6 is 0 Å². The molecule has 32 heavy (non-hydrogen) atoms. The number of rotatable bonds is 8. The van der Waals surface area contributed by atoms with Gasteiger partial charge in [-0.15, -0.1) is 0 Å². The largest absolute Gasteiger partial charge is 0.296 e. The molecule has 4 aromatic rings. The summed E-state index contributed by atoms with van der Waals surface area (Å²) in [5.74, 6) is 0.0363. The lowest BCUT2D eigenvalue weighted by atomic mass is 9.88. The molecule has 4 aromatic carbocycles. The van der Waals surface area contributed by atoms with Crippen molar-refractivity contribution in [3.05, 3.63) is 126 Å². The lowest BCUT2D eigenvalue weighted by Crippen LogP contribution is -2.11. The van der Waals surface area contributed by atoms with Crippen molar-refractivity contribution in [2.24, 2.45) is 0 Å². The fourth-order valence-corrected chi connectivity index (χ4v) is 4.72. The van der Waals surface area contributed by atoms with Crippen molar-refractivity contribution in [2.45, 2.75) is 24.2 Å². The molecule has 3 nitrogen and oxygen atoms in total. The van der Waals surface area contributed by atoms with Crippen molar-refractivity contribution in [1.82, 2.24) is 0 Å². The van der Waals surface area contributed by atoms with Crippen molar-refractivity contribution < 1.29 is 12.6 Å². The van der Waals surface area contributed by atoms with Crippen LogP contribution in [0, 0.1) is 6.92 Å². The van der Waals surface area contributed by atoms with Gasteiger partial charge in [0.1, 0.15) is 0 Å². The van der Waals surface area contributed by atoms with Crippen molar-refractivity contribution >= 4 is 10.1 Å². The Kier molecular flexibility index (Phi) is 6.84. The second kappa shape index (κ2) is 9.94. The maximum absolute atomic E-state index is 12.6. The molecule has 0 saturated heterocycles. The summed E-state index contributed by atoms with van der Waals surface area (Å²) in [7, 11) is -3.78. The predicted molar refractivity (Wildman–Crippen MR) is 129 cm³/mol. The average Bonchev–Trinajstić information content (AvgIpc) is 2.83. The van der Waals surface area contributed by atoms with E-state index in [1.54, 1.807) is 24.3 Å². The first-order chi connectivity index (χ1) is 15.5. The molecule has 0 radical (unpaired) electrons. The maximum atomic E-state index is 12.6. The van der Waals surface area contributed by atoms with Crippen molar-refractivity contribution in [3.63, 3.8) is 0 Å². The topological polar surface area (TPSA) is 43.4 Å². The van der Waals surface area contributed by atoms with E-state index in [9.17, 15) is 8.42 Å². The van der Waals surface area contributed by atoms with Crippen LogP contribution in [0.3, 0.4) is 0 Å². The van der Waals surface area contributed by atoms with Gasteiger partial charge in [-0.1, -0.05) is 103 Å². The molecule has 0 heterocycles. The highest BCUT2D eigenvalue weighted by Crippen LogP contribution is 2.30. The highest BCUT2D eigenvalue weighted by atomic mass is 32.2. The third kappa shape index (κ3) is 5.34. The average molecular weight is 443 g/mol. The molecule has 0 spiro atoms. The van der Waals surface area contributed by atoms with Crippen LogP contribution in [-0.4, -0.2) is 15.0 Å². The Morgan fingerprint density at radius 2 is 1.19 bits per heavy atom. The van der Waals surface area contributed by atoms with E-state index in [-0.39, 0.29) is 17.4 Å². The molecule has 0 amide bonds. The highest BCUT2D eigenvalue weighted by Gasteiger charge is 2.19. The zero-order valence-electron chi connectivity index (χ0n) is 18.0. The third-order valence-electron chi connectivity index (χ3n) is 5.58. The van der Waals surface area contributed by atoms with Crippen LogP contribution in [0.15, 0.2) is 114 Å². The highest BCUT2D eigenvalue weighted by molar-refractivity contribution is 7.86. The van der Waals surface area contributed by atoms with Gasteiger partial charge in [0, 0.05) is 5.92 Å². The number of hydrogen-bond donors (Lipinski definition) is 0. The minimum absolute atomic E-state index is 0.0363. The van der Waals surface area contributed by atoms with Gasteiger partial charge in [0.2, 0.25) is 0 Å². The SMILES string of the molecule is Cc1ccc(S(=O)(=O)OCCC(c2ccccc2)c2ccc(-c3ccccc3)cc2)cc1. The summed E-state index contributed by atoms with van der Waals surface area (Å²) in [6.07, 6.45) is 0.555. The fraction of sp³-hybridized carbons (Fsp3) is 0.143. The number of benzene rings is 4. The Morgan fingerprint density at radius 3 is 1.81 bits per heavy atom. The van der Waals surface area contributed by atoms with E-state index in [1.807, 2.05) is 43.3 Å². The molecule has 162 valence electrons. The van der Waals surface area contributed by atoms with Gasteiger partial charge in [-0.3, -0.25) is 4.18 Å². The molecule has 0 aliphatic heterocycles. The second-order valence-corrected chi connectivity index (χ2v) is 9.44. The van der Waals surface area contributed by atoms with Gasteiger partial charge < -0.3 is 0 Å². The summed E-state index contributed by atoms with van der Waals surface area (Å²) in [6.45, 7) is 2.03. The summed E-state index contributed by atoms with van der Waals surface area (Å²) in [5, 5.41) is 0. The van der Waals surface area contributed by atoms with Gasteiger partial charge in [0.15, 0.2) is 0 Å². The molecule has 1 unspecified atom stereocenters. The van der Waals surface area contributed by atoms with Crippen molar-refractivity contribution in [1.29, 1.82) is 0 Å². The first-order valence-electron chi connectivity index (χ1n) is 10.7. The van der Waals surface area contributed by atoms with Crippen molar-refractivity contribution in [3.8, 4) is 11.1 Å². The van der Waals surface area contributed by atoms with Crippen LogP contribution in [0.4, 0.5) is 0 Å². The first kappa shape index (κ1) is 22.0. The summed E-state index contributed by atoms with van der Waals surface area (Å²) >= 11 is 0. The standard InChI is InChI=1S/C28H26O3S/c1-22-12-18-27(19-13-22)32(29,30)31-21-20-28(25-10-6-3-7-11-25)26-16-14-24(15-17-26)23-8-4-2-5-9-23/h2-19,28H,20-21H2,1H3. The summed E-state index contributed by atoms with van der Waals surface area (Å²) in [4.78, 5) is 0.187. The molecular weight excluding hydrogens is 416 g/mol. The van der Waals surface area contributed by atoms with Gasteiger partial charge >= 0.3 is 0 Å². The summed E-state index contributed by atoms with van der Waals surface area (Å²) in [5.41, 5.74) is 5.60. The van der Waals surface area contributed by atoms with E-state index >= 15 is 0 Å². The molecule has 0 fully saturated rings. The molecule has 4 heteroatoms. The monoisotopic (exact) mass is 442 g/mol. The van der Waals surface area contributed by atoms with E-state index in [4.69, 9.17) is 4.18 Å². The molecule has 4 rings (SSSR count). The second-order valence-electron chi connectivity index (χ2n) is 7.83. The molecule has 0 aliphatic rings. The van der Waals surface area contributed by atoms with Crippen LogP contribution in [-0.2, 0) is 14.3 Å². The Hall–Kier alpha value is -3.21. The predicted octanol–water partition coefficient (Wildman–Crippen LogP) is 6.59. The van der Waals surface area contributed by atoms with E-state index in [0.29, 0.717) is 6.42 Å². The maximum Gasteiger partial charge on any atom is 0.296 e. The third-order valence-corrected chi connectivity index (χ3v) is 6.90. The van der Waals surface area contributed by atoms with Gasteiger partial charge in [-0.2, -0.15) is 8.42 Å². The van der Waals surface area contributed by atoms with Gasteiger partial charge in [0.05, 0.1) is 11.5 Å². The fourth-order valence-electron chi connectivity index (χ4n) is 3.80. The van der Waals surface area contributed by atoms with E-state index in [0.717, 1.165) is 22.3 Å². The molecular formula is C28H26O3S. The van der Waals surface area contributed by atoms with Crippen LogP contribution < -0.4 is 0 Å². The lowest BCUT2D eigenvalue weighted by molar-refractivity contribution is 0.306. The van der Waals surface area contributed by atoms with Gasteiger partial charge in [-0.25, -0.2) is 0 Å². The van der Waals surface area contributed by atoms with Crippen molar-refractivity contribution in [2.75, 3.05) is 6.61 Å². The number of hydrogen-bond acceptors (Lipinski definition) is 3. The summed E-state index contributed by atoms with van der Waals surface area (Å²) < 4.78 is 30.5. The minimum atomic E-state index is -3.78. The molecule has 0 aliphatic carbocycles. The van der Waals surface area contributed by atoms with Crippen LogP contribution in [0.1, 0.15) is 29.0 Å². The van der Waals surface area contributed by atoms with E-state index < -0.39 is 10.1 Å². The van der Waals surface area contributed by atoms with Crippen LogP contribution in [0.25, 0.3) is 11.1 Å². The first-order valence-corrected chi connectivity index (χ1v) is 12.1. The molecule has 0 bridgehead atoms. The van der Waals surface area contributed by atoms with Gasteiger partial charge in [0.25, 0.3) is 10.1 Å². The smallest absolute Gasteiger partial charge is 0.266 e. The lowest BCUT2D eigenvalue weighted by Gasteiger charge is -2.19. The zero-order chi connectivity index (χ0) is 22.4. The Balaban J connectivity index is 1.52. The Morgan fingerprint density at radius 1 is 0.656 bits per heavy atom. The molecule has 1 atom stereocenters. The molecule has 0 saturated carbocycles. The van der Waals surface area contributed by atoms with Crippen LogP contribution in [0.5, 0.6) is 0 Å². The summed E-state index contributed by atoms with van der Waals surface area (Å²) in [6, 6.07) is 35.6. The zero-order valence-corrected chi connectivity index (χ0v) is 18.8. The molecule has 0 N–H and O–H groups in total. The Bertz CT molecular complexity index is 1230. The van der Waals surface area contributed by atoms with Crippen LogP contribution in [0.2, 0.25) is 0 Å².